The molecule has 2 N–H and O–H groups in total. The number of rotatable bonds is 9. The second-order valence-electron chi connectivity index (χ2n) is 6.63. The van der Waals surface area contributed by atoms with Crippen LogP contribution < -0.4 is 5.32 Å². The molecule has 3 unspecified atom stereocenters. The van der Waals surface area contributed by atoms with Gasteiger partial charge in [0.2, 0.25) is 0 Å². The zero-order valence-corrected chi connectivity index (χ0v) is 13.7. The Labute approximate surface area is 129 Å². The molecule has 2 rings (SSSR count). The van der Waals surface area contributed by atoms with E-state index in [1.165, 1.54) is 25.7 Å². The van der Waals surface area contributed by atoms with Crippen LogP contribution in [0, 0.1) is 5.92 Å². The van der Waals surface area contributed by atoms with Gasteiger partial charge >= 0.3 is 0 Å². The van der Waals surface area contributed by atoms with Gasteiger partial charge in [0.05, 0.1) is 24.9 Å². The highest BCUT2D eigenvalue weighted by atomic mass is 16.5. The zero-order chi connectivity index (χ0) is 15.1. The van der Waals surface area contributed by atoms with Crippen LogP contribution in [0.1, 0.15) is 58.8 Å². The molecule has 3 atom stereocenters. The van der Waals surface area contributed by atoms with Crippen molar-refractivity contribution < 1.29 is 14.6 Å². The third kappa shape index (κ3) is 5.51. The average Bonchev–Trinajstić information content (AvgIpc) is 2.47. The minimum Gasteiger partial charge on any atom is -0.389 e. The molecule has 124 valence electrons. The quantitative estimate of drug-likeness (QED) is 0.687. The molecule has 0 aromatic carbocycles. The van der Waals surface area contributed by atoms with Gasteiger partial charge in [0, 0.05) is 19.2 Å². The molecule has 0 radical (unpaired) electrons. The number of aliphatic hydroxyl groups is 1. The lowest BCUT2D eigenvalue weighted by atomic mass is 9.85. The minimum absolute atomic E-state index is 0.365. The van der Waals surface area contributed by atoms with Gasteiger partial charge < -0.3 is 19.9 Å². The van der Waals surface area contributed by atoms with Crippen LogP contribution in [0.4, 0.5) is 0 Å². The normalized spacial score (nSPS) is 34.4. The van der Waals surface area contributed by atoms with E-state index < -0.39 is 6.10 Å². The van der Waals surface area contributed by atoms with Crippen molar-refractivity contribution in [3.8, 4) is 0 Å². The van der Waals surface area contributed by atoms with Gasteiger partial charge in [-0.1, -0.05) is 26.2 Å². The molecule has 0 amide bonds. The van der Waals surface area contributed by atoms with Gasteiger partial charge in [0.15, 0.2) is 0 Å². The van der Waals surface area contributed by atoms with E-state index in [1.54, 1.807) is 0 Å². The van der Waals surface area contributed by atoms with E-state index in [-0.39, 0.29) is 0 Å². The molecule has 4 nitrogen and oxygen atoms in total. The standard InChI is InChI=1S/C17H33NO3/c1-3-13-7-5-6-8-17(13)21-12-15(19)11-18-14-9-16(10-14)20-4-2/h13-19H,3-12H2,1-2H3. The summed E-state index contributed by atoms with van der Waals surface area (Å²) in [5.41, 5.74) is 0. The molecule has 0 aliphatic heterocycles. The maximum absolute atomic E-state index is 10.1. The second kappa shape index (κ2) is 9.09. The molecule has 21 heavy (non-hydrogen) atoms. The van der Waals surface area contributed by atoms with Crippen molar-refractivity contribution in [1.82, 2.24) is 5.32 Å². The predicted molar refractivity (Wildman–Crippen MR) is 84.4 cm³/mol. The Hall–Kier alpha value is -0.160. The first-order chi connectivity index (χ1) is 10.2. The molecule has 2 aliphatic carbocycles. The summed E-state index contributed by atoms with van der Waals surface area (Å²) in [6.45, 7) is 6.18. The molecule has 0 aromatic rings. The first-order valence-electron chi connectivity index (χ1n) is 8.87. The van der Waals surface area contributed by atoms with Crippen LogP contribution in [-0.4, -0.2) is 49.2 Å². The topological polar surface area (TPSA) is 50.7 Å². The van der Waals surface area contributed by atoms with Crippen LogP contribution in [0.5, 0.6) is 0 Å². The fourth-order valence-electron chi connectivity index (χ4n) is 3.56. The van der Waals surface area contributed by atoms with Gasteiger partial charge in [0.25, 0.3) is 0 Å². The van der Waals surface area contributed by atoms with E-state index in [0.29, 0.717) is 37.3 Å². The summed E-state index contributed by atoms with van der Waals surface area (Å²) in [5.74, 6) is 0.692. The number of aliphatic hydroxyl groups excluding tert-OH is 1. The first-order valence-corrected chi connectivity index (χ1v) is 8.87. The van der Waals surface area contributed by atoms with Crippen molar-refractivity contribution in [2.75, 3.05) is 19.8 Å². The van der Waals surface area contributed by atoms with Crippen LogP contribution in [-0.2, 0) is 9.47 Å². The van der Waals surface area contributed by atoms with E-state index in [9.17, 15) is 5.11 Å². The van der Waals surface area contributed by atoms with Crippen molar-refractivity contribution in [2.45, 2.75) is 83.1 Å². The highest BCUT2D eigenvalue weighted by molar-refractivity contribution is 4.86. The Morgan fingerprint density at radius 1 is 1.14 bits per heavy atom. The van der Waals surface area contributed by atoms with Crippen LogP contribution in [0.2, 0.25) is 0 Å². The van der Waals surface area contributed by atoms with Crippen LogP contribution in [0.15, 0.2) is 0 Å². The molecule has 0 spiro atoms. The van der Waals surface area contributed by atoms with Crippen LogP contribution >= 0.6 is 0 Å². The fourth-order valence-corrected chi connectivity index (χ4v) is 3.56. The van der Waals surface area contributed by atoms with E-state index in [1.807, 2.05) is 6.92 Å². The van der Waals surface area contributed by atoms with Crippen molar-refractivity contribution in [3.05, 3.63) is 0 Å². The summed E-state index contributed by atoms with van der Waals surface area (Å²) in [6, 6.07) is 0.509. The first kappa shape index (κ1) is 17.2. The average molecular weight is 299 g/mol. The largest absolute Gasteiger partial charge is 0.389 e. The summed E-state index contributed by atoms with van der Waals surface area (Å²) >= 11 is 0. The number of hydrogen-bond donors (Lipinski definition) is 2. The van der Waals surface area contributed by atoms with Gasteiger partial charge in [-0.3, -0.25) is 0 Å². The zero-order valence-electron chi connectivity index (χ0n) is 13.7. The van der Waals surface area contributed by atoms with Crippen molar-refractivity contribution in [3.63, 3.8) is 0 Å². The lowest BCUT2D eigenvalue weighted by Crippen LogP contribution is -2.48. The minimum atomic E-state index is -0.393. The highest BCUT2D eigenvalue weighted by Crippen LogP contribution is 2.29. The summed E-state index contributed by atoms with van der Waals surface area (Å²) < 4.78 is 11.5. The fraction of sp³-hybridized carbons (Fsp3) is 1.00. The van der Waals surface area contributed by atoms with Gasteiger partial charge in [-0.05, 0) is 38.5 Å². The summed E-state index contributed by atoms with van der Waals surface area (Å²) in [7, 11) is 0. The van der Waals surface area contributed by atoms with E-state index in [2.05, 4.69) is 12.2 Å². The Balaban J connectivity index is 1.54. The molecule has 0 aromatic heterocycles. The number of ether oxygens (including phenoxy) is 2. The lowest BCUT2D eigenvalue weighted by Gasteiger charge is -2.36. The highest BCUT2D eigenvalue weighted by Gasteiger charge is 2.29. The monoisotopic (exact) mass is 299 g/mol. The third-order valence-corrected chi connectivity index (χ3v) is 5.01. The van der Waals surface area contributed by atoms with Crippen molar-refractivity contribution in [1.29, 1.82) is 0 Å². The molecular formula is C17H33NO3. The van der Waals surface area contributed by atoms with Gasteiger partial charge in [-0.2, -0.15) is 0 Å². The Kier molecular flexibility index (Phi) is 7.44. The molecule has 0 heterocycles. The smallest absolute Gasteiger partial charge is 0.0897 e. The lowest BCUT2D eigenvalue weighted by molar-refractivity contribution is -0.0537. The van der Waals surface area contributed by atoms with E-state index in [0.717, 1.165) is 25.9 Å². The molecule has 2 fully saturated rings. The Morgan fingerprint density at radius 3 is 2.62 bits per heavy atom. The summed E-state index contributed by atoms with van der Waals surface area (Å²) in [5, 5.41) is 13.5. The van der Waals surface area contributed by atoms with E-state index >= 15 is 0 Å². The molecule has 0 bridgehead atoms. The SMILES string of the molecule is CCOC1CC(NCC(O)COC2CCCCC2CC)C1. The Morgan fingerprint density at radius 2 is 1.90 bits per heavy atom. The van der Waals surface area contributed by atoms with Gasteiger partial charge in [-0.15, -0.1) is 0 Å². The summed E-state index contributed by atoms with van der Waals surface area (Å²) in [6.07, 6.45) is 8.80. The second-order valence-corrected chi connectivity index (χ2v) is 6.63. The molecular weight excluding hydrogens is 266 g/mol. The van der Waals surface area contributed by atoms with Gasteiger partial charge in [-0.25, -0.2) is 0 Å². The maximum Gasteiger partial charge on any atom is 0.0897 e. The summed E-state index contributed by atoms with van der Waals surface area (Å²) in [4.78, 5) is 0. The number of nitrogens with one attached hydrogen (secondary N) is 1. The molecule has 4 heteroatoms. The molecule has 0 saturated heterocycles. The predicted octanol–water partition coefficient (Wildman–Crippen LogP) is 2.49. The van der Waals surface area contributed by atoms with Gasteiger partial charge in [0.1, 0.15) is 0 Å². The molecule has 2 saturated carbocycles. The Bertz CT molecular complexity index is 281. The van der Waals surface area contributed by atoms with Crippen LogP contribution in [0.3, 0.4) is 0 Å². The maximum atomic E-state index is 10.1. The number of hydrogen-bond acceptors (Lipinski definition) is 4. The molecule has 2 aliphatic rings. The third-order valence-electron chi connectivity index (χ3n) is 5.01. The van der Waals surface area contributed by atoms with Crippen molar-refractivity contribution >= 4 is 0 Å². The van der Waals surface area contributed by atoms with Crippen LogP contribution in [0.25, 0.3) is 0 Å². The van der Waals surface area contributed by atoms with Crippen molar-refractivity contribution in [2.24, 2.45) is 5.92 Å². The van der Waals surface area contributed by atoms with E-state index in [4.69, 9.17) is 9.47 Å².